The molecule has 3 aromatic carbocycles. The molecule has 168 valence electrons. The van der Waals surface area contributed by atoms with Gasteiger partial charge in [-0.1, -0.05) is 23.7 Å². The minimum Gasteiger partial charge on any atom is -0.361 e. The van der Waals surface area contributed by atoms with E-state index >= 15 is 0 Å². The van der Waals surface area contributed by atoms with Gasteiger partial charge in [-0.05, 0) is 78.0 Å². The first-order valence-electron chi connectivity index (χ1n) is 9.86. The number of halogens is 4. The Balaban J connectivity index is 1.72. The summed E-state index contributed by atoms with van der Waals surface area (Å²) in [5.74, 6) is -0.435. The van der Waals surface area contributed by atoms with Crippen LogP contribution in [0.25, 0.3) is 22.4 Å². The Hall–Kier alpha value is -3.16. The Morgan fingerprint density at radius 2 is 1.79 bits per heavy atom. The Morgan fingerprint density at radius 1 is 0.970 bits per heavy atom. The number of H-pyrrole nitrogens is 1. The summed E-state index contributed by atoms with van der Waals surface area (Å²) in [7, 11) is 0. The van der Waals surface area contributed by atoms with E-state index in [1.54, 1.807) is 48.7 Å². The molecule has 1 heterocycles. The SMILES string of the molecule is CSc1ccc(C(=O)Nc2ccc(Cl)c(-c3ccc[nH]3)c2)c(-c2cccc(C(F)(F)F)c2)c1. The molecule has 0 radical (unpaired) electrons. The Bertz CT molecular complexity index is 1300. The predicted octanol–water partition coefficient (Wildman–Crippen LogP) is 8.00. The molecule has 0 aliphatic heterocycles. The predicted molar refractivity (Wildman–Crippen MR) is 128 cm³/mol. The lowest BCUT2D eigenvalue weighted by molar-refractivity contribution is -0.137. The van der Waals surface area contributed by atoms with E-state index in [0.29, 0.717) is 21.8 Å². The van der Waals surface area contributed by atoms with Crippen LogP contribution in [-0.2, 0) is 6.18 Å². The van der Waals surface area contributed by atoms with Crippen LogP contribution in [0.5, 0.6) is 0 Å². The van der Waals surface area contributed by atoms with Crippen molar-refractivity contribution in [2.24, 2.45) is 0 Å². The molecule has 4 rings (SSSR count). The van der Waals surface area contributed by atoms with Gasteiger partial charge in [0.15, 0.2) is 0 Å². The smallest absolute Gasteiger partial charge is 0.361 e. The molecule has 0 aliphatic rings. The van der Waals surface area contributed by atoms with Gasteiger partial charge in [0.2, 0.25) is 0 Å². The number of thioether (sulfide) groups is 1. The summed E-state index contributed by atoms with van der Waals surface area (Å²) in [5, 5.41) is 3.36. The van der Waals surface area contributed by atoms with E-state index < -0.39 is 17.6 Å². The Kier molecular flexibility index (Phi) is 6.54. The number of aromatic amines is 1. The molecule has 0 atom stereocenters. The number of hydrogen-bond acceptors (Lipinski definition) is 2. The molecule has 0 saturated carbocycles. The van der Waals surface area contributed by atoms with Crippen LogP contribution in [0.1, 0.15) is 15.9 Å². The second-order valence-corrected chi connectivity index (χ2v) is 8.51. The van der Waals surface area contributed by atoms with Gasteiger partial charge in [-0.2, -0.15) is 13.2 Å². The minimum absolute atomic E-state index is 0.267. The molecule has 1 aromatic heterocycles. The molecule has 4 aromatic rings. The average molecular weight is 487 g/mol. The van der Waals surface area contributed by atoms with Crippen molar-refractivity contribution in [1.82, 2.24) is 4.98 Å². The lowest BCUT2D eigenvalue weighted by atomic mass is 9.97. The number of hydrogen-bond donors (Lipinski definition) is 2. The van der Waals surface area contributed by atoms with Crippen LogP contribution < -0.4 is 5.32 Å². The molecule has 8 heteroatoms. The molecule has 0 spiro atoms. The van der Waals surface area contributed by atoms with Crippen molar-refractivity contribution in [3.05, 3.63) is 95.1 Å². The quantitative estimate of drug-likeness (QED) is 0.281. The lowest BCUT2D eigenvalue weighted by Crippen LogP contribution is -2.13. The van der Waals surface area contributed by atoms with Crippen LogP contribution in [0.15, 0.2) is 83.9 Å². The molecule has 0 saturated heterocycles. The minimum atomic E-state index is -4.48. The van der Waals surface area contributed by atoms with Crippen molar-refractivity contribution >= 4 is 35.0 Å². The van der Waals surface area contributed by atoms with Gasteiger partial charge in [-0.3, -0.25) is 4.79 Å². The number of aromatic nitrogens is 1. The summed E-state index contributed by atoms with van der Waals surface area (Å²) < 4.78 is 39.8. The molecule has 33 heavy (non-hydrogen) atoms. The van der Waals surface area contributed by atoms with E-state index in [2.05, 4.69) is 10.3 Å². The maximum absolute atomic E-state index is 13.3. The zero-order valence-corrected chi connectivity index (χ0v) is 18.9. The normalized spacial score (nSPS) is 11.4. The number of nitrogens with one attached hydrogen (secondary N) is 2. The van der Waals surface area contributed by atoms with Gasteiger partial charge in [0.1, 0.15) is 0 Å². The lowest BCUT2D eigenvalue weighted by Gasteiger charge is -2.14. The molecule has 2 N–H and O–H groups in total. The van der Waals surface area contributed by atoms with Crippen molar-refractivity contribution in [1.29, 1.82) is 0 Å². The second-order valence-electron chi connectivity index (χ2n) is 7.22. The third kappa shape index (κ3) is 5.10. The van der Waals surface area contributed by atoms with Gasteiger partial charge in [0.05, 0.1) is 10.6 Å². The monoisotopic (exact) mass is 486 g/mol. The standard InChI is InChI=1S/C25H18ClF3N2OS/c1-33-18-8-9-19(20(14-18)15-4-2-5-16(12-15)25(27,28)29)24(32)31-17-7-10-22(26)21(13-17)23-6-3-11-30-23/h2-14,30H,1H3,(H,31,32). The average Bonchev–Trinajstić information content (AvgIpc) is 3.34. The third-order valence-electron chi connectivity index (χ3n) is 5.08. The van der Waals surface area contributed by atoms with Crippen molar-refractivity contribution in [3.63, 3.8) is 0 Å². The van der Waals surface area contributed by atoms with E-state index in [-0.39, 0.29) is 5.56 Å². The maximum atomic E-state index is 13.3. The summed E-state index contributed by atoms with van der Waals surface area (Å²) in [6, 6.07) is 18.9. The number of carbonyl (C=O) groups excluding carboxylic acids is 1. The number of anilines is 1. The van der Waals surface area contributed by atoms with Crippen LogP contribution in [0.2, 0.25) is 5.02 Å². The summed E-state index contributed by atoms with van der Waals surface area (Å²) >= 11 is 7.75. The van der Waals surface area contributed by atoms with Crippen LogP contribution in [-0.4, -0.2) is 17.1 Å². The van der Waals surface area contributed by atoms with Gasteiger partial charge in [-0.15, -0.1) is 11.8 Å². The van der Waals surface area contributed by atoms with Crippen molar-refractivity contribution in [2.45, 2.75) is 11.1 Å². The van der Waals surface area contributed by atoms with E-state index in [1.165, 1.54) is 17.8 Å². The van der Waals surface area contributed by atoms with Crippen molar-refractivity contribution < 1.29 is 18.0 Å². The summed E-state index contributed by atoms with van der Waals surface area (Å²) in [4.78, 5) is 17.1. The summed E-state index contributed by atoms with van der Waals surface area (Å²) in [5.41, 5.74) is 2.26. The largest absolute Gasteiger partial charge is 0.416 e. The van der Waals surface area contributed by atoms with Gasteiger partial charge in [-0.25, -0.2) is 0 Å². The fourth-order valence-corrected chi connectivity index (χ4v) is 4.12. The third-order valence-corrected chi connectivity index (χ3v) is 6.14. The van der Waals surface area contributed by atoms with Gasteiger partial charge < -0.3 is 10.3 Å². The first-order chi connectivity index (χ1) is 15.8. The first-order valence-corrected chi connectivity index (χ1v) is 11.5. The number of carbonyl (C=O) groups is 1. The van der Waals surface area contributed by atoms with Gasteiger partial charge in [0, 0.05) is 33.6 Å². The van der Waals surface area contributed by atoms with Crippen LogP contribution in [0, 0.1) is 0 Å². The van der Waals surface area contributed by atoms with E-state index in [4.69, 9.17) is 11.6 Å². The Labute approximate surface area is 198 Å². The van der Waals surface area contributed by atoms with E-state index in [9.17, 15) is 18.0 Å². The molecular weight excluding hydrogens is 469 g/mol. The zero-order valence-electron chi connectivity index (χ0n) is 17.3. The number of rotatable bonds is 5. The second kappa shape index (κ2) is 9.37. The highest BCUT2D eigenvalue weighted by Crippen LogP contribution is 2.35. The van der Waals surface area contributed by atoms with Crippen LogP contribution in [0.3, 0.4) is 0 Å². The van der Waals surface area contributed by atoms with Crippen LogP contribution in [0.4, 0.5) is 18.9 Å². The number of alkyl halides is 3. The molecule has 0 bridgehead atoms. The highest BCUT2D eigenvalue weighted by Gasteiger charge is 2.30. The first kappa shape index (κ1) is 23.0. The molecule has 0 fully saturated rings. The fraction of sp³-hybridized carbons (Fsp3) is 0.0800. The molecule has 3 nitrogen and oxygen atoms in total. The molecular formula is C25H18ClF3N2OS. The number of amides is 1. The summed E-state index contributed by atoms with van der Waals surface area (Å²) in [6.45, 7) is 0. The van der Waals surface area contributed by atoms with Crippen molar-refractivity contribution in [3.8, 4) is 22.4 Å². The topological polar surface area (TPSA) is 44.9 Å². The zero-order chi connectivity index (χ0) is 23.6. The van der Waals surface area contributed by atoms with Gasteiger partial charge in [0.25, 0.3) is 5.91 Å². The fourth-order valence-electron chi connectivity index (χ4n) is 3.46. The van der Waals surface area contributed by atoms with E-state index in [1.807, 2.05) is 18.4 Å². The summed E-state index contributed by atoms with van der Waals surface area (Å²) in [6.07, 6.45) is -0.848. The highest BCUT2D eigenvalue weighted by molar-refractivity contribution is 7.98. The molecule has 1 amide bonds. The number of benzene rings is 3. The molecule has 0 aliphatic carbocycles. The van der Waals surface area contributed by atoms with E-state index in [0.717, 1.165) is 28.3 Å². The highest BCUT2D eigenvalue weighted by atomic mass is 35.5. The maximum Gasteiger partial charge on any atom is 0.416 e. The van der Waals surface area contributed by atoms with Crippen LogP contribution >= 0.6 is 23.4 Å². The van der Waals surface area contributed by atoms with Crippen molar-refractivity contribution in [2.75, 3.05) is 11.6 Å². The molecule has 0 unspecified atom stereocenters. The van der Waals surface area contributed by atoms with Gasteiger partial charge >= 0.3 is 6.18 Å². The Morgan fingerprint density at radius 3 is 2.48 bits per heavy atom.